The minimum Gasteiger partial charge on any atom is -0.479 e. The second kappa shape index (κ2) is 5.85. The Morgan fingerprint density at radius 1 is 1.56 bits per heavy atom. The molecule has 3 N–H and O–H groups in total. The molecule has 1 aromatic heterocycles. The normalized spacial score (nSPS) is 11.0. The average Bonchev–Trinajstić information content (AvgIpc) is 2.27. The van der Waals surface area contributed by atoms with Gasteiger partial charge in [-0.3, -0.25) is 4.72 Å². The molecule has 0 unspecified atom stereocenters. The summed E-state index contributed by atoms with van der Waals surface area (Å²) in [5.41, 5.74) is 0. The molecule has 0 aliphatic heterocycles. The van der Waals surface area contributed by atoms with Gasteiger partial charge < -0.3 is 9.84 Å². The average molecular weight is 296 g/mol. The number of pyridine rings is 1. The number of aliphatic carboxylic acids is 1. The van der Waals surface area contributed by atoms with E-state index in [1.165, 1.54) is 19.2 Å². The van der Waals surface area contributed by atoms with Gasteiger partial charge in [-0.15, -0.1) is 0 Å². The van der Waals surface area contributed by atoms with Crippen LogP contribution >= 0.6 is 11.6 Å². The van der Waals surface area contributed by atoms with E-state index in [-0.39, 0.29) is 16.7 Å². The third-order valence-corrected chi connectivity index (χ3v) is 2.96. The Balaban J connectivity index is 2.82. The van der Waals surface area contributed by atoms with Gasteiger partial charge in [-0.25, -0.2) is 14.5 Å². The number of hydrogen-bond acceptors (Lipinski definition) is 5. The second-order valence-corrected chi connectivity index (χ2v) is 4.95. The SMILES string of the molecule is CNS(=O)(=O)Nc1ccc(OCC(=O)O)c(Cl)n1. The lowest BCUT2D eigenvalue weighted by molar-refractivity contribution is -0.139. The van der Waals surface area contributed by atoms with E-state index in [1.54, 1.807) is 0 Å². The van der Waals surface area contributed by atoms with Crippen molar-refractivity contribution in [2.24, 2.45) is 0 Å². The zero-order valence-electron chi connectivity index (χ0n) is 9.18. The van der Waals surface area contributed by atoms with Crippen molar-refractivity contribution in [1.29, 1.82) is 0 Å². The van der Waals surface area contributed by atoms with Gasteiger partial charge in [0.15, 0.2) is 17.5 Å². The molecule has 0 bridgehead atoms. The van der Waals surface area contributed by atoms with Gasteiger partial charge >= 0.3 is 5.97 Å². The first-order chi connectivity index (χ1) is 8.34. The summed E-state index contributed by atoms with van der Waals surface area (Å²) in [5.74, 6) is -1.13. The topological polar surface area (TPSA) is 118 Å². The molecule has 0 radical (unpaired) electrons. The molecule has 0 aromatic carbocycles. The fraction of sp³-hybridized carbons (Fsp3) is 0.250. The molecule has 0 saturated heterocycles. The smallest absolute Gasteiger partial charge is 0.341 e. The summed E-state index contributed by atoms with van der Waals surface area (Å²) in [6.07, 6.45) is 0. The molecular formula is C8H10ClN3O5S. The summed E-state index contributed by atoms with van der Waals surface area (Å²) in [5, 5.41) is 8.27. The number of ether oxygens (including phenoxy) is 1. The fourth-order valence-electron chi connectivity index (χ4n) is 0.914. The highest BCUT2D eigenvalue weighted by atomic mass is 35.5. The molecule has 1 heterocycles. The molecule has 0 spiro atoms. The number of hydrogen-bond donors (Lipinski definition) is 3. The van der Waals surface area contributed by atoms with E-state index in [2.05, 4.69) is 9.71 Å². The Morgan fingerprint density at radius 3 is 2.72 bits per heavy atom. The molecule has 0 aliphatic rings. The molecule has 18 heavy (non-hydrogen) atoms. The molecule has 0 aliphatic carbocycles. The van der Waals surface area contributed by atoms with Crippen LogP contribution in [-0.4, -0.2) is 38.1 Å². The number of aromatic nitrogens is 1. The Bertz CT molecular complexity index is 548. The summed E-state index contributed by atoms with van der Waals surface area (Å²) in [4.78, 5) is 14.0. The molecule has 10 heteroatoms. The number of anilines is 1. The van der Waals surface area contributed by atoms with Crippen LogP contribution in [0.4, 0.5) is 5.82 Å². The minimum atomic E-state index is -3.68. The summed E-state index contributed by atoms with van der Waals surface area (Å²) in [6.45, 7) is -0.566. The van der Waals surface area contributed by atoms with Crippen molar-refractivity contribution in [3.05, 3.63) is 17.3 Å². The van der Waals surface area contributed by atoms with Gasteiger partial charge in [0.1, 0.15) is 5.82 Å². The molecule has 0 fully saturated rings. The predicted octanol–water partition coefficient (Wildman–Crippen LogP) is 0.0745. The summed E-state index contributed by atoms with van der Waals surface area (Å²) in [7, 11) is -2.45. The number of rotatable bonds is 6. The maximum Gasteiger partial charge on any atom is 0.341 e. The predicted molar refractivity (Wildman–Crippen MR) is 64.0 cm³/mol. The quantitative estimate of drug-likeness (QED) is 0.639. The maximum absolute atomic E-state index is 11.2. The monoisotopic (exact) mass is 295 g/mol. The van der Waals surface area contributed by atoms with E-state index in [9.17, 15) is 13.2 Å². The van der Waals surface area contributed by atoms with Crippen molar-refractivity contribution >= 4 is 33.6 Å². The largest absolute Gasteiger partial charge is 0.479 e. The highest BCUT2D eigenvalue weighted by molar-refractivity contribution is 7.90. The third kappa shape index (κ3) is 4.35. The van der Waals surface area contributed by atoms with E-state index in [0.717, 1.165) is 0 Å². The molecule has 1 aromatic rings. The van der Waals surface area contributed by atoms with Gasteiger partial charge in [0, 0.05) is 7.05 Å². The third-order valence-electron chi connectivity index (χ3n) is 1.67. The summed E-state index contributed by atoms with van der Waals surface area (Å²) in [6, 6.07) is 2.60. The van der Waals surface area contributed by atoms with Crippen molar-refractivity contribution < 1.29 is 23.1 Å². The van der Waals surface area contributed by atoms with Crippen LogP contribution in [0, 0.1) is 0 Å². The Morgan fingerprint density at radius 2 is 2.22 bits per heavy atom. The van der Waals surface area contributed by atoms with Crippen LogP contribution < -0.4 is 14.2 Å². The van der Waals surface area contributed by atoms with E-state index in [0.29, 0.717) is 0 Å². The number of carboxylic acid groups (broad SMARTS) is 1. The van der Waals surface area contributed by atoms with Crippen molar-refractivity contribution in [1.82, 2.24) is 9.71 Å². The van der Waals surface area contributed by atoms with Gasteiger partial charge in [0.2, 0.25) is 0 Å². The van der Waals surface area contributed by atoms with Crippen LogP contribution in [0.3, 0.4) is 0 Å². The number of nitrogens with zero attached hydrogens (tertiary/aromatic N) is 1. The van der Waals surface area contributed by atoms with Crippen LogP contribution in [0.5, 0.6) is 5.75 Å². The fourth-order valence-corrected chi connectivity index (χ4v) is 1.61. The van der Waals surface area contributed by atoms with Crippen LogP contribution in [0.2, 0.25) is 5.15 Å². The van der Waals surface area contributed by atoms with Crippen LogP contribution in [0.15, 0.2) is 12.1 Å². The minimum absolute atomic E-state index is 0.0166. The maximum atomic E-state index is 11.2. The molecule has 0 atom stereocenters. The second-order valence-electron chi connectivity index (χ2n) is 2.98. The number of carbonyl (C=O) groups is 1. The van der Waals surface area contributed by atoms with E-state index < -0.39 is 22.8 Å². The van der Waals surface area contributed by atoms with Gasteiger partial charge in [-0.05, 0) is 12.1 Å². The lowest BCUT2D eigenvalue weighted by Crippen LogP contribution is -2.26. The lowest BCUT2D eigenvalue weighted by atomic mass is 10.4. The van der Waals surface area contributed by atoms with E-state index in [1.807, 2.05) is 4.72 Å². The van der Waals surface area contributed by atoms with Gasteiger partial charge in [0.25, 0.3) is 10.2 Å². The summed E-state index contributed by atoms with van der Waals surface area (Å²) < 4.78 is 31.3. The first kappa shape index (κ1) is 14.5. The first-order valence-electron chi connectivity index (χ1n) is 4.56. The highest BCUT2D eigenvalue weighted by Gasteiger charge is 2.11. The van der Waals surface area contributed by atoms with Crippen LogP contribution in [-0.2, 0) is 15.0 Å². The first-order valence-corrected chi connectivity index (χ1v) is 6.42. The molecule has 8 nitrogen and oxygen atoms in total. The van der Waals surface area contributed by atoms with Crippen LogP contribution in [0.1, 0.15) is 0 Å². The number of carboxylic acids is 1. The van der Waals surface area contributed by atoms with Crippen molar-refractivity contribution in [3.63, 3.8) is 0 Å². The molecule has 0 saturated carbocycles. The van der Waals surface area contributed by atoms with Crippen molar-refractivity contribution in [2.45, 2.75) is 0 Å². The summed E-state index contributed by atoms with van der Waals surface area (Å²) >= 11 is 5.70. The zero-order valence-corrected chi connectivity index (χ0v) is 10.7. The molecular weight excluding hydrogens is 286 g/mol. The Labute approximate surface area is 108 Å². The molecule has 0 amide bonds. The standard InChI is InChI=1S/C8H10ClN3O5S/c1-10-18(15,16)12-6-3-2-5(8(9)11-6)17-4-7(13)14/h2-3,10H,4H2,1H3,(H,11,12)(H,13,14). The highest BCUT2D eigenvalue weighted by Crippen LogP contribution is 2.24. The van der Waals surface area contributed by atoms with Crippen LogP contribution in [0.25, 0.3) is 0 Å². The van der Waals surface area contributed by atoms with Gasteiger partial charge in [-0.1, -0.05) is 11.6 Å². The van der Waals surface area contributed by atoms with E-state index in [4.69, 9.17) is 21.4 Å². The van der Waals surface area contributed by atoms with Gasteiger partial charge in [-0.2, -0.15) is 8.42 Å². The van der Waals surface area contributed by atoms with Crippen molar-refractivity contribution in [2.75, 3.05) is 18.4 Å². The molecule has 1 rings (SSSR count). The number of nitrogens with one attached hydrogen (secondary N) is 2. The Hall–Kier alpha value is -1.58. The van der Waals surface area contributed by atoms with E-state index >= 15 is 0 Å². The number of halogens is 1. The van der Waals surface area contributed by atoms with Gasteiger partial charge in [0.05, 0.1) is 0 Å². The Kier molecular flexibility index (Phi) is 4.70. The lowest BCUT2D eigenvalue weighted by Gasteiger charge is -2.08. The van der Waals surface area contributed by atoms with Crippen molar-refractivity contribution in [3.8, 4) is 5.75 Å². The molecule has 100 valence electrons. The zero-order chi connectivity index (χ0) is 13.8.